The summed E-state index contributed by atoms with van der Waals surface area (Å²) in [4.78, 5) is 24.2. The Kier molecular flexibility index (Phi) is 7.12. The number of furan rings is 1. The number of hydrogen-bond acceptors (Lipinski definition) is 5. The van der Waals surface area contributed by atoms with E-state index in [1.165, 1.54) is 6.26 Å². The molecule has 1 atom stereocenters. The fourth-order valence-corrected chi connectivity index (χ4v) is 4.62. The summed E-state index contributed by atoms with van der Waals surface area (Å²) < 4.78 is 18.5. The quantitative estimate of drug-likeness (QED) is 0.415. The highest BCUT2D eigenvalue weighted by Crippen LogP contribution is 2.41. The van der Waals surface area contributed by atoms with Crippen molar-refractivity contribution < 1.29 is 23.8 Å². The monoisotopic (exact) mass is 491 g/mol. The molecule has 1 saturated heterocycles. The molecule has 1 unspecified atom stereocenters. The fraction of sp³-hybridized carbons (Fsp3) is 0.333. The smallest absolute Gasteiger partial charge is 0.372 e. The van der Waals surface area contributed by atoms with Crippen molar-refractivity contribution in [2.75, 3.05) is 13.2 Å². The molecule has 0 amide bonds. The average Bonchev–Trinajstić information content (AvgIpc) is 3.44. The maximum Gasteiger partial charge on any atom is 0.372 e. The third kappa shape index (κ3) is 5.27. The summed E-state index contributed by atoms with van der Waals surface area (Å²) in [5, 5.41) is 10.4. The molecule has 1 aliphatic rings. The van der Waals surface area contributed by atoms with Gasteiger partial charge in [-0.15, -0.1) is 0 Å². The highest BCUT2D eigenvalue weighted by atomic mass is 35.5. The summed E-state index contributed by atoms with van der Waals surface area (Å²) in [7, 11) is 0. The van der Waals surface area contributed by atoms with Crippen LogP contribution in [0.4, 0.5) is 0 Å². The van der Waals surface area contributed by atoms with Gasteiger partial charge in [-0.3, -0.25) is 4.79 Å². The summed E-state index contributed by atoms with van der Waals surface area (Å²) in [5.74, 6) is -0.709. The van der Waals surface area contributed by atoms with Crippen molar-refractivity contribution >= 4 is 29.2 Å². The zero-order chi connectivity index (χ0) is 23.4. The predicted octanol–water partition coefficient (Wildman–Crippen LogP) is 5.16. The first-order chi connectivity index (χ1) is 15.9. The van der Waals surface area contributed by atoms with Crippen molar-refractivity contribution in [3.63, 3.8) is 0 Å². The normalized spacial score (nSPS) is 17.9. The molecule has 33 heavy (non-hydrogen) atoms. The Morgan fingerprint density at radius 3 is 2.76 bits per heavy atom. The number of ether oxygens (including phenoxy) is 2. The van der Waals surface area contributed by atoms with Gasteiger partial charge in [-0.1, -0.05) is 23.2 Å². The van der Waals surface area contributed by atoms with Crippen molar-refractivity contribution in [3.05, 3.63) is 86.1 Å². The van der Waals surface area contributed by atoms with Crippen LogP contribution in [0.25, 0.3) is 0 Å². The zero-order valence-corrected chi connectivity index (χ0v) is 19.3. The number of aromatic nitrogens is 1. The number of carboxylic acids is 1. The van der Waals surface area contributed by atoms with Crippen molar-refractivity contribution in [2.24, 2.45) is 0 Å². The number of rotatable bonds is 9. The van der Waals surface area contributed by atoms with Crippen LogP contribution in [0.5, 0.6) is 5.75 Å². The Morgan fingerprint density at radius 1 is 1.21 bits per heavy atom. The second-order valence-electron chi connectivity index (χ2n) is 7.94. The number of halogens is 2. The molecule has 174 valence electrons. The van der Waals surface area contributed by atoms with Gasteiger partial charge in [0.25, 0.3) is 5.56 Å². The van der Waals surface area contributed by atoms with Gasteiger partial charge >= 0.3 is 5.97 Å². The number of aromatic carboxylic acids is 1. The Morgan fingerprint density at radius 2 is 2.06 bits per heavy atom. The number of hydrogen-bond donors (Lipinski definition) is 1. The number of benzene rings is 1. The van der Waals surface area contributed by atoms with E-state index in [4.69, 9.17) is 37.1 Å². The average molecular weight is 492 g/mol. The van der Waals surface area contributed by atoms with Crippen LogP contribution in [-0.4, -0.2) is 28.9 Å². The van der Waals surface area contributed by atoms with Crippen LogP contribution >= 0.6 is 23.2 Å². The van der Waals surface area contributed by atoms with Gasteiger partial charge in [0.2, 0.25) is 5.76 Å². The minimum atomic E-state index is -1.14. The van der Waals surface area contributed by atoms with Gasteiger partial charge in [0.05, 0.1) is 17.9 Å². The molecule has 3 aromatic rings. The minimum absolute atomic E-state index is 0.119. The zero-order valence-electron chi connectivity index (χ0n) is 17.8. The van der Waals surface area contributed by atoms with Crippen molar-refractivity contribution in [1.29, 1.82) is 0 Å². The van der Waals surface area contributed by atoms with Crippen molar-refractivity contribution in [1.82, 2.24) is 4.57 Å². The Bertz CT molecular complexity index is 1200. The Labute approximate surface area is 200 Å². The molecular weight excluding hydrogens is 469 g/mol. The van der Waals surface area contributed by atoms with E-state index in [1.54, 1.807) is 41.1 Å². The third-order valence-corrected chi connectivity index (χ3v) is 6.23. The first-order valence-corrected chi connectivity index (χ1v) is 11.4. The van der Waals surface area contributed by atoms with E-state index in [9.17, 15) is 14.7 Å². The summed E-state index contributed by atoms with van der Waals surface area (Å²) in [6.45, 7) is 1.40. The first kappa shape index (κ1) is 23.4. The van der Waals surface area contributed by atoms with E-state index in [0.717, 1.165) is 12.0 Å². The molecule has 0 aliphatic carbocycles. The second kappa shape index (κ2) is 10.0. The maximum atomic E-state index is 12.7. The van der Waals surface area contributed by atoms with Crippen LogP contribution in [0.1, 0.15) is 40.9 Å². The van der Waals surface area contributed by atoms with Crippen LogP contribution in [0.3, 0.4) is 0 Å². The predicted molar refractivity (Wildman–Crippen MR) is 124 cm³/mol. The lowest BCUT2D eigenvalue weighted by molar-refractivity contribution is -0.00171. The number of aryl methyl sites for hydroxylation is 1. The molecule has 3 heterocycles. The van der Waals surface area contributed by atoms with Gasteiger partial charge in [0, 0.05) is 42.4 Å². The maximum absolute atomic E-state index is 12.7. The lowest BCUT2D eigenvalue weighted by atomic mass is 9.85. The first-order valence-electron chi connectivity index (χ1n) is 10.6. The summed E-state index contributed by atoms with van der Waals surface area (Å²) in [5.41, 5.74) is 0.329. The highest BCUT2D eigenvalue weighted by molar-refractivity contribution is 6.35. The minimum Gasteiger partial charge on any atom is -0.492 e. The van der Waals surface area contributed by atoms with E-state index in [-0.39, 0.29) is 11.3 Å². The molecule has 1 fully saturated rings. The standard InChI is InChI=1S/C24H23Cl2NO6/c25-17-3-4-20(19(26)14-17)31-10-2-8-27-9-5-16(13-21(27)28)15-24(7-1-11-33-24)18-6-12-32-22(18)23(29)30/h3-6,9,12-14H,1-2,7-8,10-11,15H2,(H,29,30). The van der Waals surface area contributed by atoms with Crippen LogP contribution in [0.2, 0.25) is 10.0 Å². The molecule has 1 N–H and O–H groups in total. The van der Waals surface area contributed by atoms with Crippen LogP contribution in [0, 0.1) is 0 Å². The largest absolute Gasteiger partial charge is 0.492 e. The van der Waals surface area contributed by atoms with E-state index < -0.39 is 11.6 Å². The molecule has 0 radical (unpaired) electrons. The van der Waals surface area contributed by atoms with Gasteiger partial charge in [0.1, 0.15) is 11.4 Å². The Balaban J connectivity index is 1.41. The number of pyridine rings is 1. The molecular formula is C24H23Cl2NO6. The van der Waals surface area contributed by atoms with Crippen molar-refractivity contribution in [3.8, 4) is 5.75 Å². The molecule has 1 aliphatic heterocycles. The van der Waals surface area contributed by atoms with Crippen molar-refractivity contribution in [2.45, 2.75) is 37.8 Å². The number of nitrogens with zero attached hydrogens (tertiary/aromatic N) is 1. The highest BCUT2D eigenvalue weighted by Gasteiger charge is 2.41. The van der Waals surface area contributed by atoms with E-state index in [1.807, 2.05) is 6.07 Å². The van der Waals surface area contributed by atoms with Crippen LogP contribution in [0.15, 0.2) is 58.1 Å². The Hall–Kier alpha value is -2.74. The van der Waals surface area contributed by atoms with E-state index in [0.29, 0.717) is 60.4 Å². The fourth-order valence-electron chi connectivity index (χ4n) is 4.16. The summed E-state index contributed by atoms with van der Waals surface area (Å²) >= 11 is 12.0. The molecule has 0 saturated carbocycles. The molecule has 9 heteroatoms. The van der Waals surface area contributed by atoms with E-state index >= 15 is 0 Å². The van der Waals surface area contributed by atoms with E-state index in [2.05, 4.69) is 0 Å². The van der Waals surface area contributed by atoms with Gasteiger partial charge in [-0.2, -0.15) is 0 Å². The van der Waals surface area contributed by atoms with Gasteiger partial charge in [-0.25, -0.2) is 4.79 Å². The van der Waals surface area contributed by atoms with Crippen LogP contribution in [-0.2, 0) is 23.3 Å². The summed E-state index contributed by atoms with van der Waals surface area (Å²) in [6.07, 6.45) is 5.56. The van der Waals surface area contributed by atoms with Gasteiger partial charge < -0.3 is 23.6 Å². The van der Waals surface area contributed by atoms with Gasteiger partial charge in [0.15, 0.2) is 0 Å². The molecule has 7 nitrogen and oxygen atoms in total. The molecule has 0 bridgehead atoms. The second-order valence-corrected chi connectivity index (χ2v) is 8.78. The molecule has 1 aromatic carbocycles. The topological polar surface area (TPSA) is 90.9 Å². The SMILES string of the molecule is O=C(O)c1occc1C1(Cc2ccn(CCCOc3ccc(Cl)cc3Cl)c(=O)c2)CCCO1. The molecule has 2 aromatic heterocycles. The molecule has 4 rings (SSSR count). The lowest BCUT2D eigenvalue weighted by Crippen LogP contribution is -2.30. The van der Waals surface area contributed by atoms with Crippen LogP contribution < -0.4 is 10.3 Å². The summed E-state index contributed by atoms with van der Waals surface area (Å²) in [6, 6.07) is 10.1. The van der Waals surface area contributed by atoms with Gasteiger partial charge in [-0.05, 0) is 55.2 Å². The lowest BCUT2D eigenvalue weighted by Gasteiger charge is -2.28. The number of carboxylic acid groups (broad SMARTS) is 1. The number of carbonyl (C=O) groups is 1. The molecule has 0 spiro atoms. The third-order valence-electron chi connectivity index (χ3n) is 5.70.